The van der Waals surface area contributed by atoms with Crippen molar-refractivity contribution in [2.45, 2.75) is 20.4 Å². The second-order valence-electron chi connectivity index (χ2n) is 6.92. The molecule has 0 atom stereocenters. The van der Waals surface area contributed by atoms with E-state index in [4.69, 9.17) is 9.47 Å². The summed E-state index contributed by atoms with van der Waals surface area (Å²) in [6.07, 6.45) is 0. The number of hydrogen-bond donors (Lipinski definition) is 2. The molecule has 5 rings (SSSR count). The quantitative estimate of drug-likeness (QED) is 0.545. The number of aromatic amines is 1. The van der Waals surface area contributed by atoms with Crippen molar-refractivity contribution >= 4 is 22.6 Å². The third-order valence-electron chi connectivity index (χ3n) is 5.25. The van der Waals surface area contributed by atoms with E-state index in [1.807, 2.05) is 18.2 Å². The maximum Gasteiger partial charge on any atom is 0.257 e. The Balaban J connectivity index is 1.45. The van der Waals surface area contributed by atoms with Crippen molar-refractivity contribution in [2.24, 2.45) is 0 Å². The summed E-state index contributed by atoms with van der Waals surface area (Å²) in [5.41, 5.74) is 4.78. The number of aromatic nitrogens is 3. The molecule has 0 saturated heterocycles. The van der Waals surface area contributed by atoms with Crippen LogP contribution in [0.15, 0.2) is 48.5 Å². The molecule has 0 saturated carbocycles. The summed E-state index contributed by atoms with van der Waals surface area (Å²) in [6.45, 7) is 5.24. The van der Waals surface area contributed by atoms with Crippen LogP contribution in [-0.2, 0) is 6.54 Å². The lowest BCUT2D eigenvalue weighted by molar-refractivity contribution is 0.102. The number of hydrogen-bond acceptors (Lipinski definition) is 4. The second-order valence-corrected chi connectivity index (χ2v) is 6.92. The highest BCUT2D eigenvalue weighted by molar-refractivity contribution is 6.04. The van der Waals surface area contributed by atoms with E-state index in [9.17, 15) is 4.79 Å². The first kappa shape index (κ1) is 17.4. The van der Waals surface area contributed by atoms with Crippen molar-refractivity contribution in [3.05, 3.63) is 59.7 Å². The topological polar surface area (TPSA) is 81.2 Å². The third-order valence-corrected chi connectivity index (χ3v) is 5.25. The molecule has 4 aromatic rings. The molecule has 29 heavy (non-hydrogen) atoms. The molecule has 0 bridgehead atoms. The average Bonchev–Trinajstić information content (AvgIpc) is 3.45. The van der Waals surface area contributed by atoms with Gasteiger partial charge in [-0.25, -0.2) is 0 Å². The van der Waals surface area contributed by atoms with E-state index in [-0.39, 0.29) is 12.7 Å². The van der Waals surface area contributed by atoms with Crippen LogP contribution in [0, 0.1) is 6.92 Å². The average molecular weight is 388 g/mol. The van der Waals surface area contributed by atoms with Crippen LogP contribution in [0.25, 0.3) is 22.3 Å². The van der Waals surface area contributed by atoms with Gasteiger partial charge < -0.3 is 19.4 Å². The molecule has 7 heteroatoms. The van der Waals surface area contributed by atoms with Crippen molar-refractivity contribution in [1.82, 2.24) is 14.8 Å². The zero-order valence-electron chi connectivity index (χ0n) is 16.2. The maximum atomic E-state index is 12.6. The van der Waals surface area contributed by atoms with Crippen molar-refractivity contribution in [3.8, 4) is 22.9 Å². The summed E-state index contributed by atoms with van der Waals surface area (Å²) in [7, 11) is 0. The molecular formula is C22H20N4O3. The lowest BCUT2D eigenvalue weighted by atomic mass is 10.1. The summed E-state index contributed by atoms with van der Waals surface area (Å²) >= 11 is 0. The zero-order valence-corrected chi connectivity index (χ0v) is 16.2. The number of H-pyrrole nitrogens is 1. The van der Waals surface area contributed by atoms with Gasteiger partial charge >= 0.3 is 0 Å². The highest BCUT2D eigenvalue weighted by Gasteiger charge is 2.19. The Hall–Kier alpha value is -3.74. The number of rotatable bonds is 4. The molecule has 7 nitrogen and oxygen atoms in total. The number of nitrogens with zero attached hydrogens (tertiary/aromatic N) is 2. The fourth-order valence-electron chi connectivity index (χ4n) is 3.89. The summed E-state index contributed by atoms with van der Waals surface area (Å²) in [4.78, 5) is 12.6. The molecule has 146 valence electrons. The third kappa shape index (κ3) is 2.82. The number of ether oxygens (including phenoxy) is 2. The highest BCUT2D eigenvalue weighted by Crippen LogP contribution is 2.34. The lowest BCUT2D eigenvalue weighted by Gasteiger charge is -2.06. The van der Waals surface area contributed by atoms with E-state index in [1.165, 1.54) is 16.5 Å². The molecule has 0 radical (unpaired) electrons. The fourth-order valence-corrected chi connectivity index (χ4v) is 3.89. The highest BCUT2D eigenvalue weighted by atomic mass is 16.7. The Morgan fingerprint density at radius 3 is 2.86 bits per heavy atom. The van der Waals surface area contributed by atoms with Gasteiger partial charge in [-0.15, -0.1) is 0 Å². The van der Waals surface area contributed by atoms with Gasteiger partial charge in [-0.05, 0) is 43.7 Å². The van der Waals surface area contributed by atoms with Gasteiger partial charge in [0.2, 0.25) is 6.79 Å². The number of carbonyl (C=O) groups is 1. The molecule has 1 amide bonds. The molecule has 1 aliphatic heterocycles. The minimum absolute atomic E-state index is 0.175. The fraction of sp³-hybridized carbons (Fsp3) is 0.182. The molecular weight excluding hydrogens is 368 g/mol. The minimum Gasteiger partial charge on any atom is -0.454 e. The predicted octanol–water partition coefficient (Wildman–Crippen LogP) is 4.34. The van der Waals surface area contributed by atoms with E-state index in [2.05, 4.69) is 46.1 Å². The van der Waals surface area contributed by atoms with Crippen LogP contribution in [0.1, 0.15) is 22.8 Å². The lowest BCUT2D eigenvalue weighted by Crippen LogP contribution is -2.12. The zero-order chi connectivity index (χ0) is 20.0. The van der Waals surface area contributed by atoms with E-state index in [0.29, 0.717) is 22.9 Å². The Morgan fingerprint density at radius 1 is 1.17 bits per heavy atom. The summed E-state index contributed by atoms with van der Waals surface area (Å²) in [5, 5.41) is 11.4. The smallest absolute Gasteiger partial charge is 0.257 e. The van der Waals surface area contributed by atoms with Gasteiger partial charge in [0.1, 0.15) is 0 Å². The number of fused-ring (bicyclic) bond motifs is 2. The molecule has 1 aliphatic rings. The van der Waals surface area contributed by atoms with Gasteiger partial charge in [-0.1, -0.05) is 18.2 Å². The van der Waals surface area contributed by atoms with Crippen molar-refractivity contribution in [3.63, 3.8) is 0 Å². The minimum atomic E-state index is -0.255. The van der Waals surface area contributed by atoms with E-state index in [1.54, 1.807) is 18.2 Å². The molecule has 2 aromatic heterocycles. The monoisotopic (exact) mass is 388 g/mol. The summed E-state index contributed by atoms with van der Waals surface area (Å²) in [5.74, 6) is 1.43. The van der Waals surface area contributed by atoms with E-state index in [0.717, 1.165) is 17.9 Å². The van der Waals surface area contributed by atoms with Gasteiger partial charge in [0.05, 0.1) is 11.4 Å². The Labute approximate surface area is 167 Å². The first-order chi connectivity index (χ1) is 14.2. The van der Waals surface area contributed by atoms with Crippen LogP contribution in [0.3, 0.4) is 0 Å². The van der Waals surface area contributed by atoms with Crippen LogP contribution in [0.4, 0.5) is 5.82 Å². The predicted molar refractivity (Wildman–Crippen MR) is 110 cm³/mol. The number of para-hydroxylation sites is 1. The van der Waals surface area contributed by atoms with Crippen LogP contribution >= 0.6 is 0 Å². The molecule has 0 aliphatic carbocycles. The summed E-state index contributed by atoms with van der Waals surface area (Å²) in [6, 6.07) is 15.3. The SMILES string of the molecule is CCn1c(-c2cc(NC(=O)c3ccc4c(c3)OCO4)n[nH]2)c(C)c2ccccc21. The molecule has 3 heterocycles. The van der Waals surface area contributed by atoms with Crippen molar-refractivity contribution in [1.29, 1.82) is 0 Å². The number of nitrogens with one attached hydrogen (secondary N) is 2. The van der Waals surface area contributed by atoms with Crippen LogP contribution < -0.4 is 14.8 Å². The number of anilines is 1. The molecule has 0 unspecified atom stereocenters. The van der Waals surface area contributed by atoms with Crippen LogP contribution in [0.5, 0.6) is 11.5 Å². The van der Waals surface area contributed by atoms with Crippen LogP contribution in [-0.4, -0.2) is 27.5 Å². The molecule has 2 N–H and O–H groups in total. The number of carbonyl (C=O) groups excluding carboxylic acids is 1. The van der Waals surface area contributed by atoms with E-state index >= 15 is 0 Å². The van der Waals surface area contributed by atoms with Gasteiger partial charge in [-0.2, -0.15) is 5.10 Å². The maximum absolute atomic E-state index is 12.6. The Bertz CT molecular complexity index is 1240. The molecule has 0 fully saturated rings. The van der Waals surface area contributed by atoms with Crippen LogP contribution in [0.2, 0.25) is 0 Å². The number of amides is 1. The van der Waals surface area contributed by atoms with Gasteiger partial charge in [0, 0.05) is 29.1 Å². The normalized spacial score (nSPS) is 12.5. The second kappa shape index (κ2) is 6.70. The first-order valence-electron chi connectivity index (χ1n) is 9.50. The molecule has 2 aromatic carbocycles. The largest absolute Gasteiger partial charge is 0.454 e. The molecule has 0 spiro atoms. The number of aryl methyl sites for hydroxylation is 2. The van der Waals surface area contributed by atoms with Gasteiger partial charge in [0.15, 0.2) is 17.3 Å². The number of benzene rings is 2. The standard InChI is InChI=1S/C22H20N4O3/c1-3-26-17-7-5-4-6-15(17)13(2)21(26)16-11-20(25-24-16)23-22(27)14-8-9-18-19(10-14)29-12-28-18/h4-11H,3,12H2,1-2H3,(H2,23,24,25,27). The summed E-state index contributed by atoms with van der Waals surface area (Å²) < 4.78 is 12.9. The van der Waals surface area contributed by atoms with Crippen molar-refractivity contribution in [2.75, 3.05) is 12.1 Å². The van der Waals surface area contributed by atoms with Crippen molar-refractivity contribution < 1.29 is 14.3 Å². The Morgan fingerprint density at radius 2 is 2.00 bits per heavy atom. The van der Waals surface area contributed by atoms with Gasteiger partial charge in [0.25, 0.3) is 5.91 Å². The van der Waals surface area contributed by atoms with E-state index < -0.39 is 0 Å². The van der Waals surface area contributed by atoms with Gasteiger partial charge in [-0.3, -0.25) is 9.89 Å². The first-order valence-corrected chi connectivity index (χ1v) is 9.50. The Kier molecular flexibility index (Phi) is 4.01.